The number of amides is 2. The minimum atomic E-state index is -3.14. The third-order valence-corrected chi connectivity index (χ3v) is 7.65. The number of carbonyl (C=O) groups excluding carboxylic acids is 3. The highest BCUT2D eigenvalue weighted by atomic mass is 19.3. The maximum Gasteiger partial charge on any atom is 0.272 e. The number of nitrogens with one attached hydrogen (secondary N) is 3. The van der Waals surface area contributed by atoms with E-state index in [2.05, 4.69) is 22.5 Å². The van der Waals surface area contributed by atoms with Crippen molar-refractivity contribution >= 4 is 29.5 Å². The predicted molar refractivity (Wildman–Crippen MR) is 145 cm³/mol. The SMILES string of the molecule is C=CCNC(=O)[C@H]1N(c2cccc(C[C@H](NC(=O)c3cccc4c3CCN4)[C@H](O)C=O)c2)CC(F)(F)C1(C)C. The number of aliphatic hydroxyl groups is 1. The molecular formula is C29H34F2N4O4. The van der Waals surface area contributed by atoms with Gasteiger partial charge >= 0.3 is 0 Å². The van der Waals surface area contributed by atoms with E-state index in [9.17, 15) is 19.5 Å². The molecule has 4 N–H and O–H groups in total. The van der Waals surface area contributed by atoms with Crippen molar-refractivity contribution in [2.45, 2.75) is 50.8 Å². The predicted octanol–water partition coefficient (Wildman–Crippen LogP) is 2.71. The molecule has 2 aliphatic rings. The summed E-state index contributed by atoms with van der Waals surface area (Å²) in [5.74, 6) is -4.10. The van der Waals surface area contributed by atoms with Gasteiger partial charge in [0.2, 0.25) is 5.91 Å². The molecule has 3 atom stereocenters. The summed E-state index contributed by atoms with van der Waals surface area (Å²) in [6.07, 6.45) is 1.10. The lowest BCUT2D eigenvalue weighted by atomic mass is 9.81. The van der Waals surface area contributed by atoms with Gasteiger partial charge in [0.05, 0.1) is 18.0 Å². The summed E-state index contributed by atoms with van der Waals surface area (Å²) >= 11 is 0. The van der Waals surface area contributed by atoms with Crippen LogP contribution in [0.15, 0.2) is 55.1 Å². The Labute approximate surface area is 226 Å². The van der Waals surface area contributed by atoms with Gasteiger partial charge < -0.3 is 30.8 Å². The molecule has 0 aliphatic carbocycles. The van der Waals surface area contributed by atoms with Gasteiger partial charge in [0.15, 0.2) is 6.29 Å². The van der Waals surface area contributed by atoms with Crippen LogP contribution in [-0.4, -0.2) is 67.0 Å². The van der Waals surface area contributed by atoms with Crippen LogP contribution in [0.1, 0.15) is 35.3 Å². The number of rotatable bonds is 10. The zero-order valence-electron chi connectivity index (χ0n) is 22.0. The highest BCUT2D eigenvalue weighted by molar-refractivity contribution is 5.98. The maximum absolute atomic E-state index is 15.1. The Morgan fingerprint density at radius 2 is 2.00 bits per heavy atom. The Hall–Kier alpha value is -3.79. The molecule has 2 amide bonds. The molecule has 2 aromatic rings. The van der Waals surface area contributed by atoms with Crippen LogP contribution >= 0.6 is 0 Å². The van der Waals surface area contributed by atoms with Crippen molar-refractivity contribution in [2.24, 2.45) is 5.41 Å². The summed E-state index contributed by atoms with van der Waals surface area (Å²) in [5, 5.41) is 19.0. The number of halogens is 2. The van der Waals surface area contributed by atoms with E-state index in [0.29, 0.717) is 36.1 Å². The Kier molecular flexibility index (Phi) is 8.06. The topological polar surface area (TPSA) is 111 Å². The molecule has 8 nitrogen and oxygen atoms in total. The lowest BCUT2D eigenvalue weighted by Gasteiger charge is -2.33. The highest BCUT2D eigenvalue weighted by Gasteiger charge is 2.62. The van der Waals surface area contributed by atoms with E-state index in [4.69, 9.17) is 0 Å². The standard InChI is InChI=1S/C29H34F2N4O4/c1-4-12-33-27(39)25-28(2,3)29(30,31)17-35(25)19-8-5-7-18(14-19)15-23(24(37)16-36)34-26(38)21-9-6-10-22-20(21)11-13-32-22/h4-10,14,16,23-25,32,37H,1,11-13,15,17H2,2-3H3,(H,33,39)(H,34,38)/t23-,24+,25+/m0/s1. The number of hydrogen-bond acceptors (Lipinski definition) is 6. The van der Waals surface area contributed by atoms with Gasteiger partial charge in [0.25, 0.3) is 11.8 Å². The van der Waals surface area contributed by atoms with Crippen LogP contribution in [0.2, 0.25) is 0 Å². The van der Waals surface area contributed by atoms with Gasteiger partial charge in [-0.05, 0) is 48.2 Å². The fourth-order valence-corrected chi connectivity index (χ4v) is 5.35. The van der Waals surface area contributed by atoms with E-state index in [1.165, 1.54) is 24.8 Å². The molecule has 2 heterocycles. The van der Waals surface area contributed by atoms with Gasteiger partial charge in [-0.3, -0.25) is 9.59 Å². The Bertz CT molecular complexity index is 1270. The molecule has 0 unspecified atom stereocenters. The zero-order chi connectivity index (χ0) is 28.4. The number of fused-ring (bicyclic) bond motifs is 1. The van der Waals surface area contributed by atoms with Crippen molar-refractivity contribution in [1.82, 2.24) is 10.6 Å². The minimum Gasteiger partial charge on any atom is -0.384 e. The first-order valence-corrected chi connectivity index (χ1v) is 12.9. The van der Waals surface area contributed by atoms with E-state index in [1.807, 2.05) is 6.07 Å². The fraction of sp³-hybridized carbons (Fsp3) is 0.414. The van der Waals surface area contributed by atoms with Crippen molar-refractivity contribution in [2.75, 3.05) is 29.9 Å². The normalized spacial score (nSPS) is 20.3. The highest BCUT2D eigenvalue weighted by Crippen LogP contribution is 2.49. The molecule has 2 aromatic carbocycles. The third kappa shape index (κ3) is 5.52. The van der Waals surface area contributed by atoms with Crippen LogP contribution in [0.25, 0.3) is 0 Å². The van der Waals surface area contributed by atoms with E-state index < -0.39 is 47.9 Å². The first-order valence-electron chi connectivity index (χ1n) is 12.9. The van der Waals surface area contributed by atoms with Gasteiger partial charge in [-0.25, -0.2) is 8.78 Å². The summed E-state index contributed by atoms with van der Waals surface area (Å²) in [7, 11) is 0. The summed E-state index contributed by atoms with van der Waals surface area (Å²) in [5.41, 5.74) is 1.55. The molecule has 0 spiro atoms. The maximum atomic E-state index is 15.1. The molecule has 2 aliphatic heterocycles. The van der Waals surface area contributed by atoms with Crippen LogP contribution in [0.4, 0.5) is 20.2 Å². The molecule has 208 valence electrons. The summed E-state index contributed by atoms with van der Waals surface area (Å²) in [4.78, 5) is 39.0. The van der Waals surface area contributed by atoms with Gasteiger partial charge in [0.1, 0.15) is 12.1 Å². The van der Waals surface area contributed by atoms with Crippen LogP contribution in [0.5, 0.6) is 0 Å². The Morgan fingerprint density at radius 3 is 2.72 bits per heavy atom. The van der Waals surface area contributed by atoms with Crippen molar-refractivity contribution in [3.8, 4) is 0 Å². The smallest absolute Gasteiger partial charge is 0.272 e. The minimum absolute atomic E-state index is 0.0632. The number of carbonyl (C=O) groups is 3. The second kappa shape index (κ2) is 11.1. The Morgan fingerprint density at radius 1 is 1.26 bits per heavy atom. The van der Waals surface area contributed by atoms with Crippen LogP contribution < -0.4 is 20.9 Å². The fourth-order valence-electron chi connectivity index (χ4n) is 5.35. The summed E-state index contributed by atoms with van der Waals surface area (Å²) in [6, 6.07) is 9.90. The third-order valence-electron chi connectivity index (χ3n) is 7.65. The summed E-state index contributed by atoms with van der Waals surface area (Å²) in [6.45, 7) is 6.52. The molecule has 0 bridgehead atoms. The molecular weight excluding hydrogens is 506 g/mol. The van der Waals surface area contributed by atoms with Gasteiger partial charge in [-0.15, -0.1) is 6.58 Å². The van der Waals surface area contributed by atoms with Gasteiger partial charge in [-0.2, -0.15) is 0 Å². The molecule has 0 aromatic heterocycles. The number of benzene rings is 2. The molecule has 1 saturated heterocycles. The number of aldehydes is 1. The van der Waals surface area contributed by atoms with Crippen LogP contribution in [0.3, 0.4) is 0 Å². The number of aliphatic hydroxyl groups excluding tert-OH is 1. The molecule has 0 saturated carbocycles. The van der Waals surface area contributed by atoms with E-state index in [-0.39, 0.29) is 13.0 Å². The van der Waals surface area contributed by atoms with Crippen LogP contribution in [0, 0.1) is 5.41 Å². The average Bonchev–Trinajstić information content (AvgIpc) is 3.46. The lowest BCUT2D eigenvalue weighted by molar-refractivity contribution is -0.130. The second-order valence-electron chi connectivity index (χ2n) is 10.6. The largest absolute Gasteiger partial charge is 0.384 e. The molecule has 1 fully saturated rings. The van der Waals surface area contributed by atoms with Crippen LogP contribution in [-0.2, 0) is 22.4 Å². The summed E-state index contributed by atoms with van der Waals surface area (Å²) < 4.78 is 30.2. The zero-order valence-corrected chi connectivity index (χ0v) is 22.0. The second-order valence-corrected chi connectivity index (χ2v) is 10.6. The first-order chi connectivity index (χ1) is 18.5. The van der Waals surface area contributed by atoms with E-state index in [0.717, 1.165) is 11.3 Å². The molecule has 0 radical (unpaired) electrons. The molecule has 10 heteroatoms. The van der Waals surface area contributed by atoms with Crippen molar-refractivity contribution < 1.29 is 28.3 Å². The van der Waals surface area contributed by atoms with Gasteiger partial charge in [-0.1, -0.05) is 38.1 Å². The van der Waals surface area contributed by atoms with Crippen molar-refractivity contribution in [1.29, 1.82) is 0 Å². The van der Waals surface area contributed by atoms with E-state index in [1.54, 1.807) is 36.4 Å². The number of nitrogens with zero attached hydrogens (tertiary/aromatic N) is 1. The monoisotopic (exact) mass is 540 g/mol. The Balaban J connectivity index is 1.59. The number of alkyl halides is 2. The number of hydrogen-bond donors (Lipinski definition) is 4. The number of anilines is 2. The van der Waals surface area contributed by atoms with E-state index >= 15 is 8.78 Å². The quantitative estimate of drug-likeness (QED) is 0.273. The van der Waals surface area contributed by atoms with Crippen molar-refractivity contribution in [3.63, 3.8) is 0 Å². The lowest BCUT2D eigenvalue weighted by Crippen LogP contribution is -2.51. The molecule has 39 heavy (non-hydrogen) atoms. The average molecular weight is 541 g/mol. The van der Waals surface area contributed by atoms with Gasteiger partial charge in [0, 0.05) is 30.0 Å². The van der Waals surface area contributed by atoms with Crippen molar-refractivity contribution in [3.05, 3.63) is 71.8 Å². The first kappa shape index (κ1) is 28.2. The molecule has 4 rings (SSSR count).